The highest BCUT2D eigenvalue weighted by Crippen LogP contribution is 2.14. The van der Waals surface area contributed by atoms with Crippen molar-refractivity contribution < 1.29 is 0 Å². The number of pyridine rings is 1. The summed E-state index contributed by atoms with van der Waals surface area (Å²) in [5.74, 6) is 0. The van der Waals surface area contributed by atoms with Crippen molar-refractivity contribution in [1.29, 1.82) is 5.26 Å². The molecule has 4 nitrogen and oxygen atoms in total. The SMILES string of the molecule is CSc1ccc(C=Nn2c(C)cc(C)c(C#N)c2=O)cc1. The molecule has 0 unspecified atom stereocenters. The highest BCUT2D eigenvalue weighted by atomic mass is 32.2. The van der Waals surface area contributed by atoms with Crippen LogP contribution in [0, 0.1) is 25.2 Å². The third kappa shape index (κ3) is 3.23. The van der Waals surface area contributed by atoms with Crippen molar-refractivity contribution in [3.05, 3.63) is 63.1 Å². The van der Waals surface area contributed by atoms with Crippen LogP contribution in [0.4, 0.5) is 0 Å². The van der Waals surface area contributed by atoms with Crippen molar-refractivity contribution in [3.8, 4) is 6.07 Å². The number of benzene rings is 1. The molecule has 21 heavy (non-hydrogen) atoms. The first-order chi connectivity index (χ1) is 10.1. The van der Waals surface area contributed by atoms with Crippen LogP contribution in [0.1, 0.15) is 22.4 Å². The molecule has 0 amide bonds. The van der Waals surface area contributed by atoms with Crippen LogP contribution in [0.5, 0.6) is 0 Å². The first-order valence-electron chi connectivity index (χ1n) is 6.38. The fraction of sp³-hybridized carbons (Fsp3) is 0.188. The van der Waals surface area contributed by atoms with Gasteiger partial charge in [0.25, 0.3) is 5.56 Å². The van der Waals surface area contributed by atoms with Crippen LogP contribution in [0.25, 0.3) is 0 Å². The van der Waals surface area contributed by atoms with Gasteiger partial charge in [-0.15, -0.1) is 11.8 Å². The number of thioether (sulfide) groups is 1. The van der Waals surface area contributed by atoms with Crippen molar-refractivity contribution >= 4 is 18.0 Å². The second-order valence-electron chi connectivity index (χ2n) is 4.59. The number of nitriles is 1. The van der Waals surface area contributed by atoms with Crippen molar-refractivity contribution in [1.82, 2.24) is 4.68 Å². The van der Waals surface area contributed by atoms with Gasteiger partial charge in [0, 0.05) is 10.6 Å². The van der Waals surface area contributed by atoms with Gasteiger partial charge in [-0.1, -0.05) is 12.1 Å². The summed E-state index contributed by atoms with van der Waals surface area (Å²) in [6, 6.07) is 11.6. The van der Waals surface area contributed by atoms with E-state index in [4.69, 9.17) is 5.26 Å². The molecule has 1 aromatic carbocycles. The molecule has 0 aliphatic heterocycles. The molecule has 0 saturated heterocycles. The van der Waals surface area contributed by atoms with Gasteiger partial charge in [0.15, 0.2) is 0 Å². The van der Waals surface area contributed by atoms with E-state index in [1.807, 2.05) is 36.6 Å². The quantitative estimate of drug-likeness (QED) is 0.646. The lowest BCUT2D eigenvalue weighted by Crippen LogP contribution is -2.22. The summed E-state index contributed by atoms with van der Waals surface area (Å²) in [6.07, 6.45) is 3.64. The predicted molar refractivity (Wildman–Crippen MR) is 86.1 cm³/mol. The van der Waals surface area contributed by atoms with E-state index in [-0.39, 0.29) is 11.1 Å². The largest absolute Gasteiger partial charge is 0.289 e. The van der Waals surface area contributed by atoms with Gasteiger partial charge in [0.1, 0.15) is 11.6 Å². The van der Waals surface area contributed by atoms with Gasteiger partial charge >= 0.3 is 0 Å². The van der Waals surface area contributed by atoms with Gasteiger partial charge in [-0.05, 0) is 49.4 Å². The van der Waals surface area contributed by atoms with E-state index < -0.39 is 0 Å². The maximum Gasteiger partial charge on any atom is 0.289 e. The van der Waals surface area contributed by atoms with Crippen LogP contribution in [0.2, 0.25) is 0 Å². The highest BCUT2D eigenvalue weighted by molar-refractivity contribution is 7.98. The molecule has 0 aliphatic carbocycles. The van der Waals surface area contributed by atoms with Gasteiger partial charge in [0.05, 0.1) is 6.21 Å². The number of hydrogen-bond acceptors (Lipinski definition) is 4. The summed E-state index contributed by atoms with van der Waals surface area (Å²) in [5.41, 5.74) is 2.03. The lowest BCUT2D eigenvalue weighted by Gasteiger charge is -2.06. The van der Waals surface area contributed by atoms with Gasteiger partial charge in [-0.25, -0.2) is 4.68 Å². The minimum absolute atomic E-state index is 0.135. The molecule has 0 atom stereocenters. The van der Waals surface area contributed by atoms with Gasteiger partial charge in [-0.3, -0.25) is 4.79 Å². The summed E-state index contributed by atoms with van der Waals surface area (Å²) >= 11 is 1.67. The van der Waals surface area contributed by atoms with Crippen LogP contribution >= 0.6 is 11.8 Å². The van der Waals surface area contributed by atoms with E-state index in [0.29, 0.717) is 11.3 Å². The van der Waals surface area contributed by atoms with E-state index in [2.05, 4.69) is 5.10 Å². The summed E-state index contributed by atoms with van der Waals surface area (Å²) in [7, 11) is 0. The number of rotatable bonds is 3. The zero-order valence-corrected chi connectivity index (χ0v) is 12.9. The zero-order valence-electron chi connectivity index (χ0n) is 12.1. The monoisotopic (exact) mass is 297 g/mol. The van der Waals surface area contributed by atoms with E-state index in [1.165, 1.54) is 9.57 Å². The average Bonchev–Trinajstić information content (AvgIpc) is 2.47. The molecule has 0 N–H and O–H groups in total. The molecule has 0 bridgehead atoms. The van der Waals surface area contributed by atoms with Crippen LogP contribution < -0.4 is 5.56 Å². The summed E-state index contributed by atoms with van der Waals surface area (Å²) < 4.78 is 1.26. The molecule has 1 aromatic heterocycles. The van der Waals surface area contributed by atoms with Crippen molar-refractivity contribution in [3.63, 3.8) is 0 Å². The Morgan fingerprint density at radius 2 is 1.95 bits per heavy atom. The van der Waals surface area contributed by atoms with Crippen molar-refractivity contribution in [2.24, 2.45) is 5.10 Å². The third-order valence-corrected chi connectivity index (χ3v) is 3.85. The Bertz CT molecular complexity index is 783. The molecule has 5 heteroatoms. The van der Waals surface area contributed by atoms with E-state index in [1.54, 1.807) is 37.9 Å². The number of aryl methyl sites for hydroxylation is 2. The van der Waals surface area contributed by atoms with E-state index in [9.17, 15) is 4.79 Å². The number of aromatic nitrogens is 1. The highest BCUT2D eigenvalue weighted by Gasteiger charge is 2.08. The normalized spacial score (nSPS) is 10.8. The number of hydrogen-bond donors (Lipinski definition) is 0. The second-order valence-corrected chi connectivity index (χ2v) is 5.47. The lowest BCUT2D eigenvalue weighted by molar-refractivity contribution is 0.786. The molecule has 1 heterocycles. The molecular weight excluding hydrogens is 282 g/mol. The Hall–Kier alpha value is -2.32. The molecule has 0 radical (unpaired) electrons. The minimum atomic E-state index is -0.382. The van der Waals surface area contributed by atoms with Gasteiger partial charge in [-0.2, -0.15) is 10.4 Å². The molecule has 2 rings (SSSR count). The number of nitrogens with zero attached hydrogens (tertiary/aromatic N) is 3. The Morgan fingerprint density at radius 3 is 2.52 bits per heavy atom. The Labute approximate surface area is 127 Å². The zero-order chi connectivity index (χ0) is 15.4. The Balaban J connectivity index is 2.41. The molecule has 0 saturated carbocycles. The third-order valence-electron chi connectivity index (χ3n) is 3.11. The predicted octanol–water partition coefficient (Wildman–Crippen LogP) is 2.94. The molecule has 2 aromatic rings. The van der Waals surface area contributed by atoms with E-state index >= 15 is 0 Å². The molecule has 0 fully saturated rings. The average molecular weight is 297 g/mol. The fourth-order valence-electron chi connectivity index (χ4n) is 1.98. The second kappa shape index (κ2) is 6.42. The maximum absolute atomic E-state index is 12.2. The van der Waals surface area contributed by atoms with E-state index in [0.717, 1.165) is 5.56 Å². The molecular formula is C16H15N3OS. The molecule has 0 aliphatic rings. The van der Waals surface area contributed by atoms with Gasteiger partial charge < -0.3 is 0 Å². The molecule has 106 valence electrons. The van der Waals surface area contributed by atoms with Crippen molar-refractivity contribution in [2.75, 3.05) is 6.26 Å². The lowest BCUT2D eigenvalue weighted by atomic mass is 10.1. The van der Waals surface area contributed by atoms with Crippen LogP contribution in [0.15, 0.2) is 45.1 Å². The first-order valence-corrected chi connectivity index (χ1v) is 7.61. The van der Waals surface area contributed by atoms with Crippen LogP contribution in [0.3, 0.4) is 0 Å². The molecule has 0 spiro atoms. The summed E-state index contributed by atoms with van der Waals surface area (Å²) in [4.78, 5) is 13.4. The van der Waals surface area contributed by atoms with Crippen molar-refractivity contribution in [2.45, 2.75) is 18.7 Å². The van der Waals surface area contributed by atoms with Crippen LogP contribution in [-0.4, -0.2) is 17.1 Å². The minimum Gasteiger partial charge on any atom is -0.266 e. The van der Waals surface area contributed by atoms with Gasteiger partial charge in [0.2, 0.25) is 0 Å². The standard InChI is InChI=1S/C16H15N3OS/c1-11-8-12(2)19(16(20)15(11)9-17)18-10-13-4-6-14(21-3)7-5-13/h4-8,10H,1-3H3. The summed E-state index contributed by atoms with van der Waals surface area (Å²) in [5, 5.41) is 13.2. The Kier molecular flexibility index (Phi) is 4.61. The van der Waals surface area contributed by atoms with Crippen LogP contribution in [-0.2, 0) is 0 Å². The topological polar surface area (TPSA) is 58.1 Å². The first kappa shape index (κ1) is 15.1. The summed E-state index contributed by atoms with van der Waals surface area (Å²) in [6.45, 7) is 3.55. The fourth-order valence-corrected chi connectivity index (χ4v) is 2.38. The smallest absolute Gasteiger partial charge is 0.266 e. The Morgan fingerprint density at radius 1 is 1.29 bits per heavy atom. The maximum atomic E-state index is 12.2.